The molecule has 120 valence electrons. The van der Waals surface area contributed by atoms with Gasteiger partial charge in [-0.15, -0.1) is 0 Å². The van der Waals surface area contributed by atoms with Crippen LogP contribution in [0.4, 0.5) is 4.79 Å². The molecule has 8 heteroatoms. The Kier molecular flexibility index (Phi) is 3.69. The fourth-order valence-electron chi connectivity index (χ4n) is 3.50. The zero-order valence-corrected chi connectivity index (χ0v) is 14.1. The molecule has 21 heavy (non-hydrogen) atoms. The molecule has 0 aromatic heterocycles. The van der Waals surface area contributed by atoms with Crippen LogP contribution in [0.5, 0.6) is 0 Å². The van der Waals surface area contributed by atoms with E-state index in [4.69, 9.17) is 0 Å². The van der Waals surface area contributed by atoms with Crippen molar-refractivity contribution in [3.63, 3.8) is 0 Å². The molecule has 0 bridgehead atoms. The summed E-state index contributed by atoms with van der Waals surface area (Å²) < 4.78 is 25.2. The lowest BCUT2D eigenvalue weighted by atomic mass is 9.71. The number of hydrogen-bond donors (Lipinski definition) is 2. The highest BCUT2D eigenvalue weighted by Crippen LogP contribution is 2.54. The van der Waals surface area contributed by atoms with Crippen LogP contribution >= 0.6 is 11.8 Å². The monoisotopic (exact) mass is 333 g/mol. The Morgan fingerprint density at radius 3 is 2.48 bits per heavy atom. The zero-order valence-electron chi connectivity index (χ0n) is 12.5. The normalized spacial score (nSPS) is 41.2. The van der Waals surface area contributed by atoms with Crippen LogP contribution in [0.25, 0.3) is 0 Å². The molecule has 2 N–H and O–H groups in total. The third-order valence-electron chi connectivity index (χ3n) is 5.25. The number of hydrogen-bond acceptors (Lipinski definition) is 4. The first kappa shape index (κ1) is 15.4. The van der Waals surface area contributed by atoms with Gasteiger partial charge in [-0.25, -0.2) is 17.9 Å². The highest BCUT2D eigenvalue weighted by molar-refractivity contribution is 7.99. The van der Waals surface area contributed by atoms with E-state index < -0.39 is 10.0 Å². The predicted molar refractivity (Wildman–Crippen MR) is 83.8 cm³/mol. The van der Waals surface area contributed by atoms with Crippen LogP contribution in [0, 0.1) is 10.8 Å². The van der Waals surface area contributed by atoms with Gasteiger partial charge >= 0.3 is 6.03 Å². The molecule has 0 spiro atoms. The van der Waals surface area contributed by atoms with E-state index >= 15 is 0 Å². The summed E-state index contributed by atoms with van der Waals surface area (Å²) in [6.07, 6.45) is 0.564. The number of carbonyl (C=O) groups excluding carboxylic acids is 1. The summed E-state index contributed by atoms with van der Waals surface area (Å²) in [6.45, 7) is 6.49. The summed E-state index contributed by atoms with van der Waals surface area (Å²) in [5, 5.41) is 2.88. The molecule has 3 atom stereocenters. The number of carbonyl (C=O) groups is 1. The first-order chi connectivity index (χ1) is 9.73. The standard InChI is InChI=1S/C13H23N3O3S2/c1-12-6-16(7-13(12,2)9-20-8-12)11(17)14-5-10-3-4-21(18,19)15-10/h10,15H,3-9H2,1-2H3,(H,14,17)/t10?,12-,13+. The smallest absolute Gasteiger partial charge is 0.317 e. The molecular formula is C13H23N3O3S2. The lowest BCUT2D eigenvalue weighted by Crippen LogP contribution is -2.45. The number of rotatable bonds is 2. The van der Waals surface area contributed by atoms with E-state index in [2.05, 4.69) is 23.9 Å². The maximum absolute atomic E-state index is 12.3. The number of likely N-dealkylation sites (tertiary alicyclic amines) is 1. The summed E-state index contributed by atoms with van der Waals surface area (Å²) in [5.74, 6) is 2.37. The fraction of sp³-hybridized carbons (Fsp3) is 0.923. The second-order valence-electron chi connectivity index (χ2n) is 7.08. The Morgan fingerprint density at radius 2 is 1.95 bits per heavy atom. The first-order valence-corrected chi connectivity index (χ1v) is 10.1. The summed E-state index contributed by atoms with van der Waals surface area (Å²) >= 11 is 1.98. The van der Waals surface area contributed by atoms with Crippen LogP contribution in [0.2, 0.25) is 0 Å². The highest BCUT2D eigenvalue weighted by Gasteiger charge is 2.56. The van der Waals surface area contributed by atoms with Gasteiger partial charge in [-0.2, -0.15) is 11.8 Å². The molecular weight excluding hydrogens is 310 g/mol. The van der Waals surface area contributed by atoms with Crippen LogP contribution in [-0.2, 0) is 10.0 Å². The van der Waals surface area contributed by atoms with Gasteiger partial charge in [0.15, 0.2) is 0 Å². The second kappa shape index (κ2) is 5.03. The second-order valence-corrected chi connectivity index (χ2v) is 9.94. The van der Waals surface area contributed by atoms with Crippen molar-refractivity contribution < 1.29 is 13.2 Å². The maximum Gasteiger partial charge on any atom is 0.317 e. The van der Waals surface area contributed by atoms with Crippen LogP contribution < -0.4 is 10.0 Å². The molecule has 3 saturated heterocycles. The molecule has 0 aliphatic carbocycles. The molecule has 1 unspecified atom stereocenters. The Balaban J connectivity index is 1.54. The van der Waals surface area contributed by atoms with E-state index in [1.54, 1.807) is 0 Å². The molecule has 6 nitrogen and oxygen atoms in total. The van der Waals surface area contributed by atoms with Crippen LogP contribution in [0.1, 0.15) is 20.3 Å². The zero-order chi connectivity index (χ0) is 15.3. The van der Waals surface area contributed by atoms with Crippen LogP contribution in [0.15, 0.2) is 0 Å². The minimum atomic E-state index is -3.11. The third kappa shape index (κ3) is 2.77. The Morgan fingerprint density at radius 1 is 1.33 bits per heavy atom. The Hall–Kier alpha value is -0.470. The van der Waals surface area contributed by atoms with Gasteiger partial charge in [0.05, 0.1) is 5.75 Å². The molecule has 3 heterocycles. The summed E-state index contributed by atoms with van der Waals surface area (Å²) in [6, 6.07) is -0.231. The molecule has 3 aliphatic rings. The topological polar surface area (TPSA) is 78.5 Å². The Bertz CT molecular complexity index is 535. The van der Waals surface area contributed by atoms with Crippen molar-refractivity contribution in [1.82, 2.24) is 14.9 Å². The molecule has 0 saturated carbocycles. The molecule has 3 fully saturated rings. The predicted octanol–water partition coefficient (Wildman–Crippen LogP) is 0.463. The number of nitrogens with zero attached hydrogens (tertiary/aromatic N) is 1. The van der Waals surface area contributed by atoms with Crippen molar-refractivity contribution >= 4 is 27.8 Å². The van der Waals surface area contributed by atoms with E-state index in [0.29, 0.717) is 13.0 Å². The number of fused-ring (bicyclic) bond motifs is 1. The number of amides is 2. The van der Waals surface area contributed by atoms with Gasteiger partial charge in [0.2, 0.25) is 10.0 Å². The number of thioether (sulfide) groups is 1. The fourth-order valence-corrected chi connectivity index (χ4v) is 6.80. The van der Waals surface area contributed by atoms with Gasteiger partial charge in [0.1, 0.15) is 0 Å². The third-order valence-corrected chi connectivity index (χ3v) is 8.39. The lowest BCUT2D eigenvalue weighted by molar-refractivity contribution is 0.202. The highest BCUT2D eigenvalue weighted by atomic mass is 32.2. The van der Waals surface area contributed by atoms with Crippen molar-refractivity contribution in [3.8, 4) is 0 Å². The molecule has 0 aromatic carbocycles. The molecule has 2 amide bonds. The van der Waals surface area contributed by atoms with E-state index in [-0.39, 0.29) is 28.7 Å². The summed E-state index contributed by atoms with van der Waals surface area (Å²) in [5.41, 5.74) is 0.397. The van der Waals surface area contributed by atoms with Gasteiger partial charge in [-0.3, -0.25) is 0 Å². The number of urea groups is 1. The van der Waals surface area contributed by atoms with Gasteiger partial charge in [-0.1, -0.05) is 13.8 Å². The minimum Gasteiger partial charge on any atom is -0.336 e. The maximum atomic E-state index is 12.3. The SMILES string of the molecule is C[C@@]12CSC[C@]1(C)CN(C(=O)NCC1CCS(=O)(=O)N1)C2. The van der Waals surface area contributed by atoms with Gasteiger partial charge in [0.25, 0.3) is 0 Å². The molecule has 0 aromatic rings. The van der Waals surface area contributed by atoms with Gasteiger partial charge < -0.3 is 10.2 Å². The largest absolute Gasteiger partial charge is 0.336 e. The molecule has 3 aliphatic heterocycles. The van der Waals surface area contributed by atoms with Crippen molar-refractivity contribution in [3.05, 3.63) is 0 Å². The molecule has 3 rings (SSSR count). The molecule has 0 radical (unpaired) electrons. The van der Waals surface area contributed by atoms with Gasteiger partial charge in [-0.05, 0) is 6.42 Å². The first-order valence-electron chi connectivity index (χ1n) is 7.34. The van der Waals surface area contributed by atoms with Gasteiger partial charge in [0, 0.05) is 48.0 Å². The Labute approximate surface area is 130 Å². The lowest BCUT2D eigenvalue weighted by Gasteiger charge is -2.30. The van der Waals surface area contributed by atoms with E-state index in [9.17, 15) is 13.2 Å². The van der Waals surface area contributed by atoms with Crippen molar-refractivity contribution in [2.45, 2.75) is 26.3 Å². The summed E-state index contributed by atoms with van der Waals surface area (Å²) in [4.78, 5) is 14.2. The summed E-state index contributed by atoms with van der Waals surface area (Å²) in [7, 11) is -3.11. The number of sulfonamides is 1. The number of nitrogens with one attached hydrogen (secondary N) is 2. The average Bonchev–Trinajstić information content (AvgIpc) is 2.94. The minimum absolute atomic E-state index is 0.0667. The van der Waals surface area contributed by atoms with Crippen molar-refractivity contribution in [1.29, 1.82) is 0 Å². The van der Waals surface area contributed by atoms with Crippen molar-refractivity contribution in [2.75, 3.05) is 36.9 Å². The van der Waals surface area contributed by atoms with E-state index in [1.807, 2.05) is 16.7 Å². The van der Waals surface area contributed by atoms with Crippen LogP contribution in [0.3, 0.4) is 0 Å². The van der Waals surface area contributed by atoms with E-state index in [1.165, 1.54) is 0 Å². The average molecular weight is 333 g/mol. The van der Waals surface area contributed by atoms with Crippen LogP contribution in [-0.4, -0.2) is 62.3 Å². The van der Waals surface area contributed by atoms with E-state index in [0.717, 1.165) is 24.6 Å². The quantitative estimate of drug-likeness (QED) is 0.770. The van der Waals surface area contributed by atoms with Crippen molar-refractivity contribution in [2.24, 2.45) is 10.8 Å².